The molecule has 0 saturated heterocycles. The molecule has 11 heteroatoms. The quantitative estimate of drug-likeness (QED) is 0.376. The first-order valence-electron chi connectivity index (χ1n) is 11.9. The molecule has 0 aliphatic carbocycles. The zero-order valence-corrected chi connectivity index (χ0v) is 20.8. The molecule has 184 valence electrons. The van der Waals surface area contributed by atoms with E-state index in [0.717, 1.165) is 40.9 Å². The van der Waals surface area contributed by atoms with E-state index in [4.69, 9.17) is 0 Å². The molecule has 0 aliphatic rings. The van der Waals surface area contributed by atoms with Gasteiger partial charge in [-0.2, -0.15) is 0 Å². The second-order valence-electron chi connectivity index (χ2n) is 9.61. The van der Waals surface area contributed by atoms with Crippen LogP contribution in [0.5, 0.6) is 0 Å². The molecule has 5 rings (SSSR count). The van der Waals surface area contributed by atoms with Crippen LogP contribution < -0.4 is 5.69 Å². The van der Waals surface area contributed by atoms with E-state index in [1.54, 1.807) is 15.5 Å². The summed E-state index contributed by atoms with van der Waals surface area (Å²) in [5, 5.41) is 22.5. The average Bonchev–Trinajstić information content (AvgIpc) is 3.62. The number of aromatic amines is 1. The molecule has 0 radical (unpaired) electrons. The highest BCUT2D eigenvalue weighted by atomic mass is 16.2. The minimum Gasteiger partial charge on any atom is -0.294 e. The number of rotatable bonds is 7. The third kappa shape index (κ3) is 4.35. The van der Waals surface area contributed by atoms with Gasteiger partial charge in [0.05, 0.1) is 12.2 Å². The number of tetrazole rings is 1. The number of nitrogens with zero attached hydrogens (tertiary/aromatic N) is 9. The topological polar surface area (TPSA) is 125 Å². The highest BCUT2D eigenvalue weighted by Crippen LogP contribution is 2.29. The number of benzene rings is 1. The number of aromatic nitrogens is 10. The molecule has 36 heavy (non-hydrogen) atoms. The van der Waals surface area contributed by atoms with E-state index in [1.807, 2.05) is 53.4 Å². The van der Waals surface area contributed by atoms with E-state index in [1.165, 1.54) is 0 Å². The Kier molecular flexibility index (Phi) is 6.05. The fourth-order valence-electron chi connectivity index (χ4n) is 4.22. The maximum atomic E-state index is 13.5. The predicted octanol–water partition coefficient (Wildman–Crippen LogP) is 3.23. The fraction of sp³-hybridized carbons (Fsp3) is 0.320. The van der Waals surface area contributed by atoms with Crippen molar-refractivity contribution in [3.8, 4) is 28.5 Å². The van der Waals surface area contributed by atoms with Gasteiger partial charge in [-0.15, -0.1) is 15.3 Å². The molecule has 0 saturated carbocycles. The molecule has 11 nitrogen and oxygen atoms in total. The number of nitrogens with one attached hydrogen (secondary N) is 1. The highest BCUT2D eigenvalue weighted by Gasteiger charge is 2.22. The van der Waals surface area contributed by atoms with Gasteiger partial charge in [0.2, 0.25) is 5.95 Å². The van der Waals surface area contributed by atoms with Crippen molar-refractivity contribution in [1.82, 2.24) is 49.5 Å². The number of hydrogen-bond donors (Lipinski definition) is 1. The molecule has 0 aliphatic heterocycles. The predicted molar refractivity (Wildman–Crippen MR) is 135 cm³/mol. The third-order valence-electron chi connectivity index (χ3n) is 6.02. The fourth-order valence-corrected chi connectivity index (χ4v) is 4.22. The summed E-state index contributed by atoms with van der Waals surface area (Å²) >= 11 is 0. The van der Waals surface area contributed by atoms with Crippen LogP contribution in [0, 0.1) is 0 Å². The molecule has 0 atom stereocenters. The molecule has 0 fully saturated rings. The highest BCUT2D eigenvalue weighted by molar-refractivity contribution is 5.79. The molecule has 0 unspecified atom stereocenters. The number of hydrogen-bond acceptors (Lipinski definition) is 7. The van der Waals surface area contributed by atoms with Crippen LogP contribution in [0.3, 0.4) is 0 Å². The molecule has 0 spiro atoms. The molecular weight excluding hydrogens is 456 g/mol. The Morgan fingerprint density at radius 1 is 1.03 bits per heavy atom. The largest absolute Gasteiger partial charge is 0.335 e. The molecule has 1 N–H and O–H groups in total. The average molecular weight is 485 g/mol. The maximum absolute atomic E-state index is 13.5. The zero-order valence-electron chi connectivity index (χ0n) is 20.8. The molecule has 4 heterocycles. The molecule has 0 bridgehead atoms. The lowest BCUT2D eigenvalue weighted by Gasteiger charge is -2.21. The first-order chi connectivity index (χ1) is 17.4. The van der Waals surface area contributed by atoms with Crippen LogP contribution in [0.1, 0.15) is 45.5 Å². The Morgan fingerprint density at radius 3 is 2.50 bits per heavy atom. The van der Waals surface area contributed by atoms with Gasteiger partial charge < -0.3 is 0 Å². The Bertz CT molecular complexity index is 1520. The van der Waals surface area contributed by atoms with Crippen LogP contribution in [0.2, 0.25) is 0 Å². The molecule has 4 aromatic heterocycles. The van der Waals surface area contributed by atoms with Gasteiger partial charge in [0, 0.05) is 34.8 Å². The van der Waals surface area contributed by atoms with Crippen LogP contribution in [-0.2, 0) is 18.5 Å². The van der Waals surface area contributed by atoms with Gasteiger partial charge >= 0.3 is 5.69 Å². The third-order valence-corrected chi connectivity index (χ3v) is 6.02. The van der Waals surface area contributed by atoms with Crippen molar-refractivity contribution >= 4 is 0 Å². The molecule has 0 amide bonds. The van der Waals surface area contributed by atoms with Gasteiger partial charge in [-0.05, 0) is 49.2 Å². The number of imidazole rings is 1. The first-order valence-corrected chi connectivity index (χ1v) is 11.9. The monoisotopic (exact) mass is 484 g/mol. The van der Waals surface area contributed by atoms with Gasteiger partial charge in [0.25, 0.3) is 0 Å². The van der Waals surface area contributed by atoms with E-state index in [0.29, 0.717) is 18.3 Å². The molecular formula is C25H28N10O. The van der Waals surface area contributed by atoms with E-state index < -0.39 is 0 Å². The standard InChI is InChI=1S/C25H28N10O/c1-5-8-19-15-34(23-30-27-16-35(23)25(2,3)4)24(36)33(19)14-18-12-11-17(13-26-18)20-9-6-7-10-21(20)22-28-31-32-29-22/h6-7,9-13,15-16H,5,8,14H2,1-4H3,(H,28,29,31,32). The van der Waals surface area contributed by atoms with Crippen molar-refractivity contribution in [3.05, 3.63) is 77.0 Å². The van der Waals surface area contributed by atoms with Gasteiger partial charge in [0.1, 0.15) is 6.33 Å². The minimum atomic E-state index is -0.263. The van der Waals surface area contributed by atoms with Crippen molar-refractivity contribution in [3.63, 3.8) is 0 Å². The van der Waals surface area contributed by atoms with E-state index in [9.17, 15) is 4.79 Å². The summed E-state index contributed by atoms with van der Waals surface area (Å²) < 4.78 is 5.25. The van der Waals surface area contributed by atoms with Crippen molar-refractivity contribution in [1.29, 1.82) is 0 Å². The zero-order chi connectivity index (χ0) is 25.3. The Hall–Kier alpha value is -4.41. The SMILES string of the molecule is CCCc1cn(-c2nncn2C(C)(C)C)c(=O)n1Cc1ccc(-c2ccccc2-c2nnn[nH]2)cn1. The smallest absolute Gasteiger partial charge is 0.294 e. The van der Waals surface area contributed by atoms with Crippen molar-refractivity contribution in [2.45, 2.75) is 52.6 Å². The summed E-state index contributed by atoms with van der Waals surface area (Å²) in [5.74, 6) is 1.10. The van der Waals surface area contributed by atoms with Crippen molar-refractivity contribution in [2.75, 3.05) is 0 Å². The van der Waals surface area contributed by atoms with Crippen LogP contribution in [0.25, 0.3) is 28.5 Å². The lowest BCUT2D eigenvalue weighted by Crippen LogP contribution is -2.30. The number of aryl methyl sites for hydroxylation is 1. The van der Waals surface area contributed by atoms with Crippen molar-refractivity contribution in [2.24, 2.45) is 0 Å². The maximum Gasteiger partial charge on any atom is 0.335 e. The van der Waals surface area contributed by atoms with Gasteiger partial charge in [-0.3, -0.25) is 14.1 Å². The van der Waals surface area contributed by atoms with Crippen LogP contribution in [0.15, 0.2) is 59.9 Å². The Labute approximate surface area is 207 Å². The second kappa shape index (κ2) is 9.33. The first kappa shape index (κ1) is 23.3. The molecule has 5 aromatic rings. The summed E-state index contributed by atoms with van der Waals surface area (Å²) in [6, 6.07) is 11.8. The minimum absolute atomic E-state index is 0.161. The van der Waals surface area contributed by atoms with E-state index >= 15 is 0 Å². The van der Waals surface area contributed by atoms with Gasteiger partial charge in [-0.25, -0.2) is 14.5 Å². The molecule has 1 aromatic carbocycles. The second-order valence-corrected chi connectivity index (χ2v) is 9.61. The summed E-state index contributed by atoms with van der Waals surface area (Å²) in [5.41, 5.74) is 4.08. The van der Waals surface area contributed by atoms with Crippen molar-refractivity contribution < 1.29 is 0 Å². The van der Waals surface area contributed by atoms with Crippen LogP contribution >= 0.6 is 0 Å². The lowest BCUT2D eigenvalue weighted by atomic mass is 10.0. The van der Waals surface area contributed by atoms with E-state index in [2.05, 4.69) is 63.5 Å². The number of pyridine rings is 1. The summed E-state index contributed by atoms with van der Waals surface area (Å²) in [4.78, 5) is 18.2. The Morgan fingerprint density at radius 2 is 1.83 bits per heavy atom. The van der Waals surface area contributed by atoms with E-state index in [-0.39, 0.29) is 11.2 Å². The lowest BCUT2D eigenvalue weighted by molar-refractivity contribution is 0.389. The van der Waals surface area contributed by atoms with Gasteiger partial charge in [0.15, 0.2) is 5.82 Å². The Balaban J connectivity index is 1.48. The normalized spacial score (nSPS) is 11.8. The number of H-pyrrole nitrogens is 1. The van der Waals surface area contributed by atoms with Crippen LogP contribution in [0.4, 0.5) is 0 Å². The van der Waals surface area contributed by atoms with Crippen LogP contribution in [-0.4, -0.2) is 49.5 Å². The van der Waals surface area contributed by atoms with Gasteiger partial charge in [-0.1, -0.05) is 43.7 Å². The summed E-state index contributed by atoms with van der Waals surface area (Å²) in [6.45, 7) is 8.61. The summed E-state index contributed by atoms with van der Waals surface area (Å²) in [7, 11) is 0. The summed E-state index contributed by atoms with van der Waals surface area (Å²) in [6.07, 6.45) is 7.02.